The first-order chi connectivity index (χ1) is 14.4. The lowest BCUT2D eigenvalue weighted by Crippen LogP contribution is -2.27. The number of hydrogen-bond acceptors (Lipinski definition) is 6. The van der Waals surface area contributed by atoms with Crippen LogP contribution in [0.1, 0.15) is 17.3 Å². The number of benzene rings is 2. The van der Waals surface area contributed by atoms with Gasteiger partial charge in [-0.3, -0.25) is 19.0 Å². The van der Waals surface area contributed by atoms with Gasteiger partial charge in [0.2, 0.25) is 5.91 Å². The van der Waals surface area contributed by atoms with Crippen LogP contribution in [0.4, 0.5) is 10.1 Å². The van der Waals surface area contributed by atoms with Gasteiger partial charge in [0.05, 0.1) is 6.33 Å². The molecule has 2 aromatic carbocycles. The van der Waals surface area contributed by atoms with Crippen LogP contribution in [0.15, 0.2) is 59.7 Å². The maximum absolute atomic E-state index is 13.2. The van der Waals surface area contributed by atoms with E-state index in [2.05, 4.69) is 14.7 Å². The Kier molecular flexibility index (Phi) is 5.20. The van der Waals surface area contributed by atoms with Gasteiger partial charge in [-0.15, -0.1) is 0 Å². The van der Waals surface area contributed by atoms with Gasteiger partial charge in [-0.1, -0.05) is 0 Å². The highest BCUT2D eigenvalue weighted by atomic mass is 32.1. The van der Waals surface area contributed by atoms with E-state index in [4.69, 9.17) is 0 Å². The first-order valence-electron chi connectivity index (χ1n) is 8.94. The van der Waals surface area contributed by atoms with Gasteiger partial charge in [-0.2, -0.15) is 4.37 Å². The van der Waals surface area contributed by atoms with Gasteiger partial charge in [-0.05, 0) is 67.0 Å². The van der Waals surface area contributed by atoms with E-state index in [9.17, 15) is 18.8 Å². The number of ketones is 1. The molecule has 1 N–H and O–H groups in total. The van der Waals surface area contributed by atoms with Crippen molar-refractivity contribution in [3.8, 4) is 11.3 Å². The van der Waals surface area contributed by atoms with E-state index in [1.54, 1.807) is 36.4 Å². The summed E-state index contributed by atoms with van der Waals surface area (Å²) in [4.78, 5) is 40.7. The fraction of sp³-hybridized carbons (Fsp3) is 0.0952. The van der Waals surface area contributed by atoms with E-state index >= 15 is 0 Å². The number of anilines is 1. The second-order valence-corrected chi connectivity index (χ2v) is 7.35. The van der Waals surface area contributed by atoms with Gasteiger partial charge in [-0.25, -0.2) is 9.37 Å². The number of carbonyl (C=O) groups excluding carboxylic acids is 2. The molecule has 0 spiro atoms. The molecule has 0 aliphatic heterocycles. The van der Waals surface area contributed by atoms with Crippen LogP contribution in [0, 0.1) is 5.82 Å². The van der Waals surface area contributed by atoms with Crippen LogP contribution in [-0.2, 0) is 11.3 Å². The molecule has 0 radical (unpaired) electrons. The molecule has 150 valence electrons. The molecule has 4 rings (SSSR count). The molecule has 4 aromatic rings. The first kappa shape index (κ1) is 19.6. The Morgan fingerprint density at radius 2 is 1.80 bits per heavy atom. The van der Waals surface area contributed by atoms with E-state index in [0.717, 1.165) is 11.5 Å². The summed E-state index contributed by atoms with van der Waals surface area (Å²) in [6, 6.07) is 12.2. The molecule has 9 heteroatoms. The summed E-state index contributed by atoms with van der Waals surface area (Å²) >= 11 is 0.986. The van der Waals surface area contributed by atoms with Crippen molar-refractivity contribution < 1.29 is 14.0 Å². The van der Waals surface area contributed by atoms with Crippen molar-refractivity contribution in [2.75, 3.05) is 5.32 Å². The van der Waals surface area contributed by atoms with Gasteiger partial charge < -0.3 is 5.32 Å². The molecule has 0 aliphatic rings. The molecule has 2 heterocycles. The van der Waals surface area contributed by atoms with Gasteiger partial charge in [0, 0.05) is 16.8 Å². The number of Topliss-reactive ketones (excluding diaryl/α,β-unsaturated/α-hetero) is 1. The zero-order valence-corrected chi connectivity index (χ0v) is 16.6. The summed E-state index contributed by atoms with van der Waals surface area (Å²) in [6.45, 7) is 1.24. The lowest BCUT2D eigenvalue weighted by molar-refractivity contribution is -0.116. The SMILES string of the molecule is CC(=O)c1ccc(NC(=O)Cn2cnc3c(-c4ccc(F)cc4)nsc3c2=O)cc1. The maximum atomic E-state index is 13.2. The molecule has 0 saturated heterocycles. The topological polar surface area (TPSA) is 93.9 Å². The van der Waals surface area contributed by atoms with Crippen molar-refractivity contribution in [2.45, 2.75) is 13.5 Å². The number of hydrogen-bond donors (Lipinski definition) is 1. The first-order valence-corrected chi connectivity index (χ1v) is 9.71. The van der Waals surface area contributed by atoms with Crippen LogP contribution in [0.25, 0.3) is 21.5 Å². The Labute approximate surface area is 174 Å². The number of rotatable bonds is 5. The molecule has 0 aliphatic carbocycles. The third-order valence-electron chi connectivity index (χ3n) is 4.46. The van der Waals surface area contributed by atoms with E-state index in [-0.39, 0.29) is 23.7 Å². The zero-order chi connectivity index (χ0) is 21.3. The number of halogens is 1. The molecule has 30 heavy (non-hydrogen) atoms. The molecule has 1 amide bonds. The monoisotopic (exact) mass is 422 g/mol. The Balaban J connectivity index is 1.55. The summed E-state index contributed by atoms with van der Waals surface area (Å²) in [5, 5.41) is 2.68. The number of nitrogens with one attached hydrogen (secondary N) is 1. The minimum atomic E-state index is -0.405. The molecule has 0 fully saturated rings. The number of nitrogens with zero attached hydrogens (tertiary/aromatic N) is 3. The molecular formula is C21H15FN4O3S. The molecule has 0 saturated carbocycles. The minimum Gasteiger partial charge on any atom is -0.325 e. The van der Waals surface area contributed by atoms with Crippen molar-refractivity contribution in [1.82, 2.24) is 13.9 Å². The summed E-state index contributed by atoms with van der Waals surface area (Å²) < 4.78 is 19.0. The van der Waals surface area contributed by atoms with E-state index in [0.29, 0.717) is 32.7 Å². The Bertz CT molecular complexity index is 1310. The average molecular weight is 422 g/mol. The molecule has 0 unspecified atom stereocenters. The van der Waals surface area contributed by atoms with Crippen LogP contribution in [0.2, 0.25) is 0 Å². The van der Waals surface area contributed by atoms with Crippen molar-refractivity contribution in [1.29, 1.82) is 0 Å². The molecule has 7 nitrogen and oxygen atoms in total. The van der Waals surface area contributed by atoms with Crippen LogP contribution >= 0.6 is 11.5 Å². The third kappa shape index (κ3) is 3.87. The smallest absolute Gasteiger partial charge is 0.273 e. The normalized spacial score (nSPS) is 10.9. The van der Waals surface area contributed by atoms with Gasteiger partial charge in [0.25, 0.3) is 5.56 Å². The fourth-order valence-electron chi connectivity index (χ4n) is 2.91. The second-order valence-electron chi connectivity index (χ2n) is 6.58. The van der Waals surface area contributed by atoms with Crippen molar-refractivity contribution in [2.24, 2.45) is 0 Å². The fourth-order valence-corrected chi connectivity index (χ4v) is 3.71. The highest BCUT2D eigenvalue weighted by Gasteiger charge is 2.15. The lowest BCUT2D eigenvalue weighted by atomic mass is 10.1. The molecule has 0 atom stereocenters. The number of aromatic nitrogens is 3. The van der Waals surface area contributed by atoms with Crippen molar-refractivity contribution >= 4 is 39.1 Å². The maximum Gasteiger partial charge on any atom is 0.273 e. The largest absolute Gasteiger partial charge is 0.325 e. The summed E-state index contributed by atoms with van der Waals surface area (Å²) in [7, 11) is 0. The quantitative estimate of drug-likeness (QED) is 0.497. The number of amides is 1. The van der Waals surface area contributed by atoms with Crippen LogP contribution in [0.3, 0.4) is 0 Å². The highest BCUT2D eigenvalue weighted by Crippen LogP contribution is 2.27. The predicted octanol–water partition coefficient (Wildman–Crippen LogP) is 3.50. The highest BCUT2D eigenvalue weighted by molar-refractivity contribution is 7.13. The number of fused-ring (bicyclic) bond motifs is 1. The Hall–Kier alpha value is -3.72. The predicted molar refractivity (Wildman–Crippen MR) is 112 cm³/mol. The Morgan fingerprint density at radius 3 is 2.47 bits per heavy atom. The van der Waals surface area contributed by atoms with Crippen molar-refractivity contribution in [3.63, 3.8) is 0 Å². The van der Waals surface area contributed by atoms with Crippen LogP contribution < -0.4 is 10.9 Å². The number of carbonyl (C=O) groups is 2. The summed E-state index contributed by atoms with van der Waals surface area (Å²) in [5.41, 5.74) is 2.24. The zero-order valence-electron chi connectivity index (χ0n) is 15.8. The van der Waals surface area contributed by atoms with Gasteiger partial charge in [0.1, 0.15) is 28.3 Å². The van der Waals surface area contributed by atoms with E-state index in [1.165, 1.54) is 30.0 Å². The average Bonchev–Trinajstić information content (AvgIpc) is 3.16. The summed E-state index contributed by atoms with van der Waals surface area (Å²) in [6.07, 6.45) is 1.30. The molecule has 2 aromatic heterocycles. The lowest BCUT2D eigenvalue weighted by Gasteiger charge is -2.07. The third-order valence-corrected chi connectivity index (χ3v) is 5.28. The second kappa shape index (κ2) is 7.96. The molecular weight excluding hydrogens is 407 g/mol. The van der Waals surface area contributed by atoms with Crippen LogP contribution in [-0.4, -0.2) is 25.6 Å². The van der Waals surface area contributed by atoms with E-state index in [1.807, 2.05) is 0 Å². The Morgan fingerprint density at radius 1 is 1.10 bits per heavy atom. The van der Waals surface area contributed by atoms with Crippen molar-refractivity contribution in [3.05, 3.63) is 76.6 Å². The molecule has 0 bridgehead atoms. The minimum absolute atomic E-state index is 0.0663. The van der Waals surface area contributed by atoms with Crippen LogP contribution in [0.5, 0.6) is 0 Å². The summed E-state index contributed by atoms with van der Waals surface area (Å²) in [5.74, 6) is -0.837. The van der Waals surface area contributed by atoms with E-state index < -0.39 is 5.91 Å². The van der Waals surface area contributed by atoms with Gasteiger partial charge >= 0.3 is 0 Å². The van der Waals surface area contributed by atoms with Gasteiger partial charge in [0.15, 0.2) is 5.78 Å². The standard InChI is InChI=1S/C21H15FN4O3S/c1-12(27)13-4-8-16(9-5-13)24-17(28)10-26-11-23-19-18(25-30-20(19)21(26)29)14-2-6-15(22)7-3-14/h2-9,11H,10H2,1H3,(H,24,28).